The maximum Gasteiger partial charge on any atom is 0.673 e. The lowest BCUT2D eigenvalue weighted by molar-refractivity contribution is -0.597. The molecule has 0 atom stereocenters. The van der Waals surface area contributed by atoms with E-state index in [9.17, 15) is 34.5 Å². The van der Waals surface area contributed by atoms with Crippen molar-refractivity contribution in [3.63, 3.8) is 0 Å². The van der Waals surface area contributed by atoms with Gasteiger partial charge in [-0.2, -0.15) is 9.13 Å². The normalized spacial score (nSPS) is 12.2. The van der Waals surface area contributed by atoms with Gasteiger partial charge in [-0.25, -0.2) is 19.9 Å². The molecule has 0 unspecified atom stereocenters. The fourth-order valence-corrected chi connectivity index (χ4v) is 4.24. The number of rotatable bonds is 2. The minimum Gasteiger partial charge on any atom is -0.418 e. The van der Waals surface area contributed by atoms with E-state index < -0.39 is 14.5 Å². The largest absolute Gasteiger partial charge is 0.673 e. The van der Waals surface area contributed by atoms with Gasteiger partial charge in [-0.3, -0.25) is 0 Å². The molecule has 2 N–H and O–H groups in total. The van der Waals surface area contributed by atoms with Gasteiger partial charge in [-0.15, -0.1) is 0 Å². The van der Waals surface area contributed by atoms with E-state index in [0.29, 0.717) is 22.3 Å². The molecule has 5 rings (SSSR count). The Morgan fingerprint density at radius 3 is 1.10 bits per heavy atom. The Morgan fingerprint density at radius 2 is 0.792 bits per heavy atom. The average molecular weight is 676 g/mol. The first-order valence-corrected chi connectivity index (χ1v) is 14.1. The minimum atomic E-state index is -6.00. The summed E-state index contributed by atoms with van der Waals surface area (Å²) in [5.41, 5.74) is 6.14. The summed E-state index contributed by atoms with van der Waals surface area (Å²) >= 11 is 0. The highest BCUT2D eigenvalue weighted by Crippen LogP contribution is 2.08. The number of hydrogen-bond donors (Lipinski definition) is 2. The SMILES string of the molecule is Cc1cc(C)c[n+](-c2cnc3c(ncc(-[n+]4cc(C)cc(C)c4)cnc4c(nc2)=CC=CN4)=CC=CN3)c1.F[B-](F)(F)F.F[B-](F)(F)F. The average Bonchev–Trinajstić information content (AvgIpc) is 2.95. The molecule has 0 radical (unpaired) electrons. The Kier molecular flexibility index (Phi) is 12.7. The van der Waals surface area contributed by atoms with Gasteiger partial charge < -0.3 is 45.2 Å². The molecule has 0 aromatic carbocycles. The Labute approximate surface area is 270 Å². The highest BCUT2D eigenvalue weighted by molar-refractivity contribution is 6.50. The molecular weight excluding hydrogens is 646 g/mol. The quantitative estimate of drug-likeness (QED) is 0.217. The van der Waals surface area contributed by atoms with Gasteiger partial charge in [-0.05, 0) is 64.1 Å². The van der Waals surface area contributed by atoms with Crippen LogP contribution in [0.25, 0.3) is 23.5 Å². The summed E-state index contributed by atoms with van der Waals surface area (Å²) in [6.45, 7) is 8.28. The second kappa shape index (κ2) is 16.4. The van der Waals surface area contributed by atoms with E-state index in [1.807, 2.05) is 45.8 Å². The van der Waals surface area contributed by atoms with Gasteiger partial charge in [0.05, 0.1) is 0 Å². The molecule has 18 heteroatoms. The van der Waals surface area contributed by atoms with Crippen molar-refractivity contribution in [3.05, 3.63) is 119 Å². The fourth-order valence-electron chi connectivity index (χ4n) is 4.24. The summed E-state index contributed by atoms with van der Waals surface area (Å²) in [4.78, 5) is 19.1. The summed E-state index contributed by atoms with van der Waals surface area (Å²) in [7, 11) is -12.0. The molecule has 0 saturated carbocycles. The summed E-state index contributed by atoms with van der Waals surface area (Å²) in [6, 6.07) is 4.26. The second-order valence-corrected chi connectivity index (χ2v) is 10.3. The number of anilines is 2. The molecule has 2 aliphatic heterocycles. The van der Waals surface area contributed by atoms with Crippen molar-refractivity contribution in [2.24, 2.45) is 0 Å². The van der Waals surface area contributed by atoms with Crippen LogP contribution in [-0.2, 0) is 0 Å². The van der Waals surface area contributed by atoms with Crippen molar-refractivity contribution in [2.45, 2.75) is 27.7 Å². The predicted molar refractivity (Wildman–Crippen MR) is 169 cm³/mol. The first kappa shape index (κ1) is 37.1. The number of fused-ring (bicyclic) bond motifs is 2. The number of halogens is 8. The lowest BCUT2D eigenvalue weighted by atomic mass is 10.2. The molecule has 252 valence electrons. The zero-order chi connectivity index (χ0) is 35.5. The van der Waals surface area contributed by atoms with Crippen molar-refractivity contribution < 1.29 is 43.7 Å². The maximum absolute atomic E-state index is 9.75. The van der Waals surface area contributed by atoms with Crippen LogP contribution in [0, 0.1) is 27.7 Å². The number of aryl methyl sites for hydroxylation is 4. The Balaban J connectivity index is 0.000000548. The van der Waals surface area contributed by atoms with E-state index in [-0.39, 0.29) is 0 Å². The molecule has 48 heavy (non-hydrogen) atoms. The first-order valence-electron chi connectivity index (χ1n) is 14.1. The van der Waals surface area contributed by atoms with Crippen LogP contribution in [0.2, 0.25) is 0 Å². The number of pyridine rings is 2. The highest BCUT2D eigenvalue weighted by Gasteiger charge is 2.21. The van der Waals surface area contributed by atoms with Crippen molar-refractivity contribution in [1.29, 1.82) is 0 Å². The van der Waals surface area contributed by atoms with Gasteiger partial charge in [0.1, 0.15) is 35.5 Å². The van der Waals surface area contributed by atoms with E-state index in [1.165, 1.54) is 0 Å². The van der Waals surface area contributed by atoms with Crippen LogP contribution in [0.4, 0.5) is 46.2 Å². The lowest BCUT2D eigenvalue weighted by Gasteiger charge is -2.03. The number of allylic oxidation sites excluding steroid dienone is 2. The van der Waals surface area contributed by atoms with Gasteiger partial charge in [0, 0.05) is 34.7 Å². The topological polar surface area (TPSA) is 83.4 Å². The Bertz CT molecular complexity index is 1760. The van der Waals surface area contributed by atoms with Crippen molar-refractivity contribution in [2.75, 3.05) is 10.6 Å². The molecule has 0 aliphatic carbocycles. The van der Waals surface area contributed by atoms with Crippen LogP contribution in [0.5, 0.6) is 0 Å². The molecule has 3 aromatic rings. The number of hydrogen-bond acceptors (Lipinski definition) is 6. The van der Waals surface area contributed by atoms with Gasteiger partial charge in [0.25, 0.3) is 0 Å². The van der Waals surface area contributed by atoms with E-state index in [1.54, 1.807) is 24.8 Å². The molecule has 0 fully saturated rings. The molecule has 3 aromatic heterocycles. The van der Waals surface area contributed by atoms with Crippen molar-refractivity contribution in [1.82, 2.24) is 19.9 Å². The molecule has 0 spiro atoms. The zero-order valence-electron chi connectivity index (χ0n) is 26.1. The monoisotopic (exact) mass is 676 g/mol. The molecule has 2 aliphatic rings. The second-order valence-electron chi connectivity index (χ2n) is 10.3. The highest BCUT2D eigenvalue weighted by atomic mass is 19.5. The molecular formula is C30H30B2F8N8. The summed E-state index contributed by atoms with van der Waals surface area (Å²) < 4.78 is 82.0. The Morgan fingerprint density at radius 1 is 0.500 bits per heavy atom. The number of nitrogens with one attached hydrogen (secondary N) is 2. The number of nitrogens with zero attached hydrogens (tertiary/aromatic N) is 6. The molecule has 0 saturated heterocycles. The van der Waals surface area contributed by atoms with E-state index in [2.05, 4.69) is 75.2 Å². The van der Waals surface area contributed by atoms with E-state index in [0.717, 1.165) is 33.6 Å². The Hall–Kier alpha value is -5.41. The lowest BCUT2D eigenvalue weighted by Crippen LogP contribution is -2.31. The van der Waals surface area contributed by atoms with Crippen LogP contribution in [0.15, 0.2) is 86.3 Å². The fraction of sp³-hybridized carbons (Fsp3) is 0.133. The van der Waals surface area contributed by atoms with Gasteiger partial charge in [0.15, 0.2) is 36.4 Å². The third-order valence-corrected chi connectivity index (χ3v) is 5.83. The van der Waals surface area contributed by atoms with Crippen LogP contribution in [0.1, 0.15) is 22.3 Å². The van der Waals surface area contributed by atoms with Crippen LogP contribution in [-0.4, -0.2) is 34.4 Å². The van der Waals surface area contributed by atoms with Gasteiger partial charge in [0.2, 0.25) is 11.4 Å². The first-order chi connectivity index (χ1) is 22.4. The van der Waals surface area contributed by atoms with Gasteiger partial charge >= 0.3 is 14.5 Å². The summed E-state index contributed by atoms with van der Waals surface area (Å²) in [5, 5.41) is 7.84. The molecule has 0 bridgehead atoms. The standard InChI is InChI=1S/C30H30N8.2BF4/c1-21-11-22(2)18-37(17-21)25-13-33-27-7-5-10-32-30(27)36-16-26(38-19-23(3)12-24(4)20-38)14-34-28-8-6-9-31-29(28)35-15-25;2*2-1(3,4)5/h5-20H,1-4H3,(H,31,35)(H,32,36);;/q+2;2*-1. The summed E-state index contributed by atoms with van der Waals surface area (Å²) in [6.07, 6.45) is 26.7. The molecule has 0 amide bonds. The number of aromatic nitrogens is 6. The molecule has 8 nitrogen and oxygen atoms in total. The third kappa shape index (κ3) is 13.5. The summed E-state index contributed by atoms with van der Waals surface area (Å²) in [5.74, 6) is 1.26. The van der Waals surface area contributed by atoms with Gasteiger partial charge in [-0.1, -0.05) is 0 Å². The maximum atomic E-state index is 9.75. The molecule has 5 heterocycles. The van der Waals surface area contributed by atoms with Crippen molar-refractivity contribution >= 4 is 38.3 Å². The minimum absolute atomic E-state index is 0.632. The van der Waals surface area contributed by atoms with Crippen LogP contribution < -0.4 is 30.5 Å². The predicted octanol–water partition coefficient (Wildman–Crippen LogP) is 5.34. The van der Waals surface area contributed by atoms with Crippen LogP contribution in [0.3, 0.4) is 0 Å². The zero-order valence-corrected chi connectivity index (χ0v) is 26.1. The third-order valence-electron chi connectivity index (χ3n) is 5.83. The van der Waals surface area contributed by atoms with Crippen molar-refractivity contribution in [3.8, 4) is 11.4 Å². The van der Waals surface area contributed by atoms with Crippen LogP contribution >= 0.6 is 0 Å². The van der Waals surface area contributed by atoms with E-state index >= 15 is 0 Å². The smallest absolute Gasteiger partial charge is 0.418 e. The van der Waals surface area contributed by atoms with E-state index in [4.69, 9.17) is 19.9 Å².